The topological polar surface area (TPSA) is 17.1 Å². The molecule has 6 heteroatoms. The number of hydrogen-bond acceptors (Lipinski definition) is 1. The van der Waals surface area contributed by atoms with Gasteiger partial charge < -0.3 is 0 Å². The third-order valence-electron chi connectivity index (χ3n) is 2.87. The predicted octanol–water partition coefficient (Wildman–Crippen LogP) is 5.03. The van der Waals surface area contributed by atoms with Gasteiger partial charge in [-0.05, 0) is 35.9 Å². The summed E-state index contributed by atoms with van der Waals surface area (Å²) in [4.78, 5) is 12.0. The lowest BCUT2D eigenvalue weighted by Crippen LogP contribution is -2.08. The van der Waals surface area contributed by atoms with Gasteiger partial charge in [0.2, 0.25) is 0 Å². The normalized spacial score (nSPS) is 11.5. The van der Waals surface area contributed by atoms with Crippen molar-refractivity contribution in [1.29, 1.82) is 0 Å². The number of carbonyl (C=O) groups excluding carboxylic acids is 1. The first-order valence-corrected chi connectivity index (χ1v) is 6.71. The molecule has 0 amide bonds. The predicted molar refractivity (Wildman–Crippen MR) is 73.6 cm³/mol. The van der Waals surface area contributed by atoms with E-state index < -0.39 is 23.3 Å². The minimum Gasteiger partial charge on any atom is -0.294 e. The molecule has 0 aliphatic rings. The van der Waals surface area contributed by atoms with Gasteiger partial charge in [-0.1, -0.05) is 28.1 Å². The Kier molecular flexibility index (Phi) is 4.46. The molecule has 0 N–H and O–H groups in total. The molecule has 0 fully saturated rings. The smallest absolute Gasteiger partial charge is 0.294 e. The van der Waals surface area contributed by atoms with Gasteiger partial charge >= 0.3 is 6.18 Å². The van der Waals surface area contributed by atoms with E-state index in [2.05, 4.69) is 15.9 Å². The van der Waals surface area contributed by atoms with Crippen LogP contribution in [-0.4, -0.2) is 5.78 Å². The quantitative estimate of drug-likeness (QED) is 0.554. The summed E-state index contributed by atoms with van der Waals surface area (Å²) in [6.45, 7) is 0. The Morgan fingerprint density at radius 2 is 1.67 bits per heavy atom. The van der Waals surface area contributed by atoms with Crippen LogP contribution in [0.3, 0.4) is 0 Å². The molecule has 0 aromatic heterocycles. The second kappa shape index (κ2) is 5.97. The number of carbonyl (C=O) groups is 1. The van der Waals surface area contributed by atoms with Crippen LogP contribution < -0.4 is 0 Å². The van der Waals surface area contributed by atoms with Crippen molar-refractivity contribution in [3.05, 3.63) is 69.4 Å². The SMILES string of the molecule is O=C(Cc1ccc(C(F)(F)F)cc1)c1cc(Br)ccc1F. The first-order valence-electron chi connectivity index (χ1n) is 5.92. The van der Waals surface area contributed by atoms with E-state index >= 15 is 0 Å². The Morgan fingerprint density at radius 3 is 2.24 bits per heavy atom. The Bertz CT molecular complexity index is 662. The van der Waals surface area contributed by atoms with Crippen LogP contribution in [-0.2, 0) is 12.6 Å². The van der Waals surface area contributed by atoms with Crippen molar-refractivity contribution < 1.29 is 22.4 Å². The van der Waals surface area contributed by atoms with Crippen molar-refractivity contribution in [2.24, 2.45) is 0 Å². The van der Waals surface area contributed by atoms with Gasteiger partial charge in [-0.2, -0.15) is 13.2 Å². The van der Waals surface area contributed by atoms with Crippen LogP contribution >= 0.6 is 15.9 Å². The molecule has 0 heterocycles. The minimum atomic E-state index is -4.42. The standard InChI is InChI=1S/C15H9BrF4O/c16-11-5-6-13(17)12(8-11)14(21)7-9-1-3-10(4-2-9)15(18,19)20/h1-6,8H,7H2. The summed E-state index contributed by atoms with van der Waals surface area (Å²) in [5, 5.41) is 0. The zero-order valence-electron chi connectivity index (χ0n) is 10.5. The van der Waals surface area contributed by atoms with E-state index in [0.717, 1.165) is 18.2 Å². The summed E-state index contributed by atoms with van der Waals surface area (Å²) in [7, 11) is 0. The zero-order chi connectivity index (χ0) is 15.6. The van der Waals surface area contributed by atoms with Gasteiger partial charge in [0.1, 0.15) is 5.82 Å². The molecule has 2 rings (SSSR count). The maximum absolute atomic E-state index is 13.6. The highest BCUT2D eigenvalue weighted by Crippen LogP contribution is 2.29. The molecule has 0 radical (unpaired) electrons. The monoisotopic (exact) mass is 360 g/mol. The molecule has 0 bridgehead atoms. The van der Waals surface area contributed by atoms with Gasteiger partial charge in [-0.15, -0.1) is 0 Å². The van der Waals surface area contributed by atoms with Crippen molar-refractivity contribution in [2.45, 2.75) is 12.6 Å². The Hall–Kier alpha value is -1.69. The lowest BCUT2D eigenvalue weighted by Gasteiger charge is -2.08. The summed E-state index contributed by atoms with van der Waals surface area (Å²) >= 11 is 3.14. The molecule has 0 saturated heterocycles. The highest BCUT2D eigenvalue weighted by atomic mass is 79.9. The number of hydrogen-bond donors (Lipinski definition) is 0. The summed E-state index contributed by atoms with van der Waals surface area (Å²) in [6, 6.07) is 8.21. The molecule has 0 unspecified atom stereocenters. The Balaban J connectivity index is 2.18. The second-order valence-electron chi connectivity index (χ2n) is 4.42. The van der Waals surface area contributed by atoms with E-state index in [0.29, 0.717) is 10.0 Å². The van der Waals surface area contributed by atoms with E-state index in [4.69, 9.17) is 0 Å². The fourth-order valence-electron chi connectivity index (χ4n) is 1.80. The molecular formula is C15H9BrF4O. The number of ketones is 1. The number of Topliss-reactive ketones (excluding diaryl/α,β-unsaturated/α-hetero) is 1. The number of alkyl halides is 3. The maximum atomic E-state index is 13.6. The molecule has 0 spiro atoms. The molecule has 1 nitrogen and oxygen atoms in total. The van der Waals surface area contributed by atoms with E-state index in [1.807, 2.05) is 0 Å². The largest absolute Gasteiger partial charge is 0.416 e. The number of rotatable bonds is 3. The first-order chi connectivity index (χ1) is 9.77. The molecule has 2 aromatic carbocycles. The summed E-state index contributed by atoms with van der Waals surface area (Å²) in [6.07, 6.45) is -4.58. The molecule has 21 heavy (non-hydrogen) atoms. The molecular weight excluding hydrogens is 352 g/mol. The van der Waals surface area contributed by atoms with Crippen molar-refractivity contribution in [2.75, 3.05) is 0 Å². The fraction of sp³-hybridized carbons (Fsp3) is 0.133. The van der Waals surface area contributed by atoms with Gasteiger partial charge in [-0.3, -0.25) is 4.79 Å². The average molecular weight is 361 g/mol. The Morgan fingerprint density at radius 1 is 1.05 bits per heavy atom. The van der Waals surface area contributed by atoms with E-state index in [1.165, 1.54) is 24.3 Å². The summed E-state index contributed by atoms with van der Waals surface area (Å²) in [5.74, 6) is -1.15. The maximum Gasteiger partial charge on any atom is 0.416 e. The summed E-state index contributed by atoms with van der Waals surface area (Å²) in [5.41, 5.74) is -0.482. The molecule has 0 saturated carbocycles. The lowest BCUT2D eigenvalue weighted by molar-refractivity contribution is -0.137. The number of benzene rings is 2. The molecule has 0 aliphatic carbocycles. The van der Waals surface area contributed by atoms with Gasteiger partial charge in [0.25, 0.3) is 0 Å². The summed E-state index contributed by atoms with van der Waals surface area (Å²) < 4.78 is 51.4. The van der Waals surface area contributed by atoms with Crippen molar-refractivity contribution in [1.82, 2.24) is 0 Å². The van der Waals surface area contributed by atoms with Gasteiger partial charge in [0, 0.05) is 10.9 Å². The second-order valence-corrected chi connectivity index (χ2v) is 5.33. The third kappa shape index (κ3) is 3.91. The van der Waals surface area contributed by atoms with Crippen LogP contribution in [0.2, 0.25) is 0 Å². The van der Waals surface area contributed by atoms with Crippen LogP contribution in [0.4, 0.5) is 17.6 Å². The number of halogens is 5. The van der Waals surface area contributed by atoms with Crippen molar-refractivity contribution in [3.63, 3.8) is 0 Å². The van der Waals surface area contributed by atoms with E-state index in [-0.39, 0.29) is 12.0 Å². The lowest BCUT2D eigenvalue weighted by atomic mass is 10.0. The molecule has 0 aliphatic heterocycles. The van der Waals surface area contributed by atoms with E-state index in [9.17, 15) is 22.4 Å². The van der Waals surface area contributed by atoms with Gasteiger partial charge in [-0.25, -0.2) is 4.39 Å². The van der Waals surface area contributed by atoms with Crippen LogP contribution in [0, 0.1) is 5.82 Å². The third-order valence-corrected chi connectivity index (χ3v) is 3.37. The zero-order valence-corrected chi connectivity index (χ0v) is 12.1. The van der Waals surface area contributed by atoms with Crippen molar-refractivity contribution >= 4 is 21.7 Å². The van der Waals surface area contributed by atoms with E-state index in [1.54, 1.807) is 0 Å². The van der Waals surface area contributed by atoms with Gasteiger partial charge in [0.15, 0.2) is 5.78 Å². The van der Waals surface area contributed by atoms with Crippen LogP contribution in [0.15, 0.2) is 46.9 Å². The molecule has 2 aromatic rings. The Labute approximate surface area is 126 Å². The van der Waals surface area contributed by atoms with Crippen molar-refractivity contribution in [3.8, 4) is 0 Å². The first kappa shape index (κ1) is 15.7. The van der Waals surface area contributed by atoms with Gasteiger partial charge in [0.05, 0.1) is 11.1 Å². The molecule has 110 valence electrons. The highest BCUT2D eigenvalue weighted by Gasteiger charge is 2.30. The van der Waals surface area contributed by atoms with Crippen LogP contribution in [0.5, 0.6) is 0 Å². The minimum absolute atomic E-state index is 0.0933. The average Bonchev–Trinajstić information content (AvgIpc) is 2.41. The highest BCUT2D eigenvalue weighted by molar-refractivity contribution is 9.10. The fourth-order valence-corrected chi connectivity index (χ4v) is 2.16. The van der Waals surface area contributed by atoms with Crippen LogP contribution in [0.25, 0.3) is 0 Å². The molecule has 0 atom stereocenters. The van der Waals surface area contributed by atoms with Crippen LogP contribution in [0.1, 0.15) is 21.5 Å².